The van der Waals surface area contributed by atoms with Gasteiger partial charge in [0.15, 0.2) is 0 Å². The number of allylic oxidation sites excluding steroid dienone is 2. The molecule has 5 heterocycles. The van der Waals surface area contributed by atoms with Gasteiger partial charge in [-0.3, -0.25) is 14.6 Å². The molecular formula is C22H31N7O3. The molecule has 0 saturated carbocycles. The number of rotatable bonds is 5. The van der Waals surface area contributed by atoms with E-state index in [-0.39, 0.29) is 23.7 Å². The molecule has 0 aromatic carbocycles. The second kappa shape index (κ2) is 9.33. The Hall–Kier alpha value is -2.85. The summed E-state index contributed by atoms with van der Waals surface area (Å²) in [6, 6.07) is 0.199. The van der Waals surface area contributed by atoms with Crippen molar-refractivity contribution in [1.82, 2.24) is 25.5 Å². The molecule has 1 amide bonds. The SMILES string of the molecule is O=C1CCCN1C1C=CC=C(c2c(N[C@@H]3CCCNC3)nc(N3CCOCC3)[nH]c2=O)N1. The number of amides is 1. The molecule has 1 unspecified atom stereocenters. The molecule has 0 radical (unpaired) electrons. The average molecular weight is 442 g/mol. The van der Waals surface area contributed by atoms with E-state index in [9.17, 15) is 9.59 Å². The van der Waals surface area contributed by atoms with E-state index in [1.54, 1.807) is 0 Å². The third-order valence-corrected chi connectivity index (χ3v) is 6.43. The predicted octanol–water partition coefficient (Wildman–Crippen LogP) is 0.219. The van der Waals surface area contributed by atoms with Gasteiger partial charge in [-0.05, 0) is 38.0 Å². The summed E-state index contributed by atoms with van der Waals surface area (Å²) in [6.45, 7) is 5.17. The maximum atomic E-state index is 13.3. The highest BCUT2D eigenvalue weighted by Gasteiger charge is 2.30. The zero-order valence-corrected chi connectivity index (χ0v) is 18.2. The van der Waals surface area contributed by atoms with Crippen LogP contribution in [0.15, 0.2) is 23.0 Å². The van der Waals surface area contributed by atoms with E-state index in [1.807, 2.05) is 28.0 Å². The van der Waals surface area contributed by atoms with Crippen molar-refractivity contribution in [3.63, 3.8) is 0 Å². The van der Waals surface area contributed by atoms with E-state index >= 15 is 0 Å². The van der Waals surface area contributed by atoms with Crippen molar-refractivity contribution < 1.29 is 9.53 Å². The molecule has 172 valence electrons. The first-order valence-electron chi connectivity index (χ1n) is 11.6. The number of carbonyl (C=O) groups excluding carboxylic acids is 1. The lowest BCUT2D eigenvalue weighted by Crippen LogP contribution is -2.46. The largest absolute Gasteiger partial charge is 0.378 e. The number of aromatic nitrogens is 2. The van der Waals surface area contributed by atoms with E-state index in [0.717, 1.165) is 38.9 Å². The normalized spacial score (nSPS) is 26.1. The third kappa shape index (κ3) is 4.37. The van der Waals surface area contributed by atoms with E-state index in [2.05, 4.69) is 20.9 Å². The van der Waals surface area contributed by atoms with Gasteiger partial charge < -0.3 is 30.5 Å². The first-order chi connectivity index (χ1) is 15.7. The molecule has 4 aliphatic rings. The smallest absolute Gasteiger partial charge is 0.263 e. The standard InChI is InChI=1S/C22H31N7O3/c30-18-7-3-9-29(18)17-6-1-5-16(25-17)19-20(24-15-4-2-8-23-14-15)26-22(27-21(19)31)28-10-12-32-13-11-28/h1,5-6,15,17,23,25H,2-4,7-14H2,(H2,24,26,27,31)/t15-,17?/m1/s1. The first-order valence-corrected chi connectivity index (χ1v) is 11.6. The summed E-state index contributed by atoms with van der Waals surface area (Å²) >= 11 is 0. The van der Waals surface area contributed by atoms with Gasteiger partial charge in [0.2, 0.25) is 11.9 Å². The molecule has 10 heteroatoms. The average Bonchev–Trinajstić information content (AvgIpc) is 3.26. The Morgan fingerprint density at radius 1 is 1.16 bits per heavy atom. The maximum absolute atomic E-state index is 13.3. The second-order valence-corrected chi connectivity index (χ2v) is 8.65. The highest BCUT2D eigenvalue weighted by atomic mass is 16.5. The number of ether oxygens (including phenoxy) is 1. The number of nitrogens with one attached hydrogen (secondary N) is 4. The van der Waals surface area contributed by atoms with Crippen molar-refractivity contribution in [2.45, 2.75) is 37.9 Å². The van der Waals surface area contributed by atoms with Gasteiger partial charge in [-0.25, -0.2) is 0 Å². The lowest BCUT2D eigenvalue weighted by molar-refractivity contribution is -0.129. The molecule has 10 nitrogen and oxygen atoms in total. The molecule has 3 fully saturated rings. The van der Waals surface area contributed by atoms with Gasteiger partial charge in [0, 0.05) is 38.6 Å². The number of H-pyrrole nitrogens is 1. The van der Waals surface area contributed by atoms with Crippen LogP contribution in [0.4, 0.5) is 11.8 Å². The van der Waals surface area contributed by atoms with Crippen LogP contribution in [0.2, 0.25) is 0 Å². The van der Waals surface area contributed by atoms with Gasteiger partial charge in [-0.15, -0.1) is 0 Å². The zero-order valence-electron chi connectivity index (χ0n) is 18.2. The molecule has 3 saturated heterocycles. The molecule has 32 heavy (non-hydrogen) atoms. The molecule has 0 bridgehead atoms. The van der Waals surface area contributed by atoms with Crippen molar-refractivity contribution in [1.29, 1.82) is 0 Å². The Morgan fingerprint density at radius 2 is 2.03 bits per heavy atom. The van der Waals surface area contributed by atoms with E-state index in [4.69, 9.17) is 9.72 Å². The van der Waals surface area contributed by atoms with E-state index in [1.165, 1.54) is 0 Å². The van der Waals surface area contributed by atoms with Crippen molar-refractivity contribution in [2.75, 3.05) is 56.2 Å². The van der Waals surface area contributed by atoms with Crippen LogP contribution in [0.1, 0.15) is 31.2 Å². The highest BCUT2D eigenvalue weighted by molar-refractivity contribution is 5.80. The Kier molecular flexibility index (Phi) is 6.13. The van der Waals surface area contributed by atoms with Crippen LogP contribution in [0.5, 0.6) is 0 Å². The molecule has 0 spiro atoms. The fourth-order valence-electron chi connectivity index (χ4n) is 4.72. The molecule has 1 aromatic heterocycles. The van der Waals surface area contributed by atoms with Crippen LogP contribution >= 0.6 is 0 Å². The van der Waals surface area contributed by atoms with Gasteiger partial charge >= 0.3 is 0 Å². The van der Waals surface area contributed by atoms with Crippen molar-refractivity contribution in [3.8, 4) is 0 Å². The number of likely N-dealkylation sites (tertiary alicyclic amines) is 1. The van der Waals surface area contributed by atoms with Crippen LogP contribution in [-0.2, 0) is 9.53 Å². The van der Waals surface area contributed by atoms with E-state index < -0.39 is 0 Å². The summed E-state index contributed by atoms with van der Waals surface area (Å²) in [6.07, 6.45) is 9.01. The number of anilines is 2. The molecule has 5 rings (SSSR count). The Labute approximate surface area is 187 Å². The number of hydrogen-bond donors (Lipinski definition) is 4. The van der Waals surface area contributed by atoms with Crippen molar-refractivity contribution in [3.05, 3.63) is 34.1 Å². The summed E-state index contributed by atoms with van der Waals surface area (Å²) in [5.41, 5.74) is 0.952. The maximum Gasteiger partial charge on any atom is 0.263 e. The Morgan fingerprint density at radius 3 is 2.78 bits per heavy atom. The number of dihydropyridines is 1. The van der Waals surface area contributed by atoms with Crippen LogP contribution in [0.25, 0.3) is 5.70 Å². The minimum Gasteiger partial charge on any atom is -0.378 e. The van der Waals surface area contributed by atoms with Crippen LogP contribution in [-0.4, -0.2) is 78.9 Å². The van der Waals surface area contributed by atoms with Gasteiger partial charge in [-0.2, -0.15) is 4.98 Å². The van der Waals surface area contributed by atoms with Gasteiger partial charge in [-0.1, -0.05) is 6.08 Å². The van der Waals surface area contributed by atoms with Crippen LogP contribution in [0, 0.1) is 0 Å². The zero-order chi connectivity index (χ0) is 21.9. The third-order valence-electron chi connectivity index (χ3n) is 6.43. The molecular weight excluding hydrogens is 410 g/mol. The molecule has 1 aromatic rings. The fraction of sp³-hybridized carbons (Fsp3) is 0.591. The van der Waals surface area contributed by atoms with Gasteiger partial charge in [0.05, 0.1) is 18.9 Å². The van der Waals surface area contributed by atoms with E-state index in [0.29, 0.717) is 55.8 Å². The number of carbonyl (C=O) groups is 1. The number of aromatic amines is 1. The summed E-state index contributed by atoms with van der Waals surface area (Å²) < 4.78 is 5.45. The summed E-state index contributed by atoms with van der Waals surface area (Å²) in [7, 11) is 0. The van der Waals surface area contributed by atoms with Crippen LogP contribution < -0.4 is 26.4 Å². The summed E-state index contributed by atoms with van der Waals surface area (Å²) in [5.74, 6) is 1.27. The summed E-state index contributed by atoms with van der Waals surface area (Å²) in [4.78, 5) is 37.3. The quantitative estimate of drug-likeness (QED) is 0.513. The molecule has 2 atom stereocenters. The predicted molar refractivity (Wildman–Crippen MR) is 122 cm³/mol. The topological polar surface area (TPSA) is 115 Å². The number of nitrogens with zero attached hydrogens (tertiary/aromatic N) is 3. The molecule has 0 aliphatic carbocycles. The van der Waals surface area contributed by atoms with Crippen molar-refractivity contribution >= 4 is 23.4 Å². The lowest BCUT2D eigenvalue weighted by atomic mass is 10.1. The second-order valence-electron chi connectivity index (χ2n) is 8.65. The highest BCUT2D eigenvalue weighted by Crippen LogP contribution is 2.25. The van der Waals surface area contributed by atoms with Crippen LogP contribution in [0.3, 0.4) is 0 Å². The fourth-order valence-corrected chi connectivity index (χ4v) is 4.72. The van der Waals surface area contributed by atoms with Gasteiger partial charge in [0.25, 0.3) is 5.56 Å². The number of hydrogen-bond acceptors (Lipinski definition) is 8. The molecule has 4 aliphatic heterocycles. The van der Waals surface area contributed by atoms with Crippen molar-refractivity contribution in [2.24, 2.45) is 0 Å². The number of morpholine rings is 1. The minimum atomic E-state index is -0.257. The Balaban J connectivity index is 1.47. The molecule has 4 N–H and O–H groups in total. The monoisotopic (exact) mass is 441 g/mol. The Bertz CT molecular complexity index is 961. The first kappa shape index (κ1) is 21.0. The summed E-state index contributed by atoms with van der Waals surface area (Å²) in [5, 5.41) is 10.3. The number of piperidine rings is 1. The van der Waals surface area contributed by atoms with Gasteiger partial charge in [0.1, 0.15) is 17.5 Å². The minimum absolute atomic E-state index is 0.134. The lowest BCUT2D eigenvalue weighted by Gasteiger charge is -2.32.